The van der Waals surface area contributed by atoms with Gasteiger partial charge in [-0.15, -0.1) is 0 Å². The minimum atomic E-state index is -0.0226. The molecule has 0 aromatic carbocycles. The Labute approximate surface area is 149 Å². The van der Waals surface area contributed by atoms with E-state index >= 15 is 0 Å². The molecule has 0 radical (unpaired) electrons. The maximum Gasteiger partial charge on any atom is 0.0635 e. The molecule has 0 amide bonds. The highest BCUT2D eigenvalue weighted by atomic mass is 16.5. The molecular formula is C20H39N3O. The molecule has 2 aliphatic rings. The molecule has 4 heteroatoms. The van der Waals surface area contributed by atoms with Crippen molar-refractivity contribution in [1.29, 1.82) is 0 Å². The minimum absolute atomic E-state index is 0.0226. The summed E-state index contributed by atoms with van der Waals surface area (Å²) in [6.45, 7) is 17.9. The van der Waals surface area contributed by atoms with Crippen LogP contribution in [0.2, 0.25) is 0 Å². The van der Waals surface area contributed by atoms with Crippen LogP contribution in [0.1, 0.15) is 59.8 Å². The average molecular weight is 338 g/mol. The van der Waals surface area contributed by atoms with Gasteiger partial charge >= 0.3 is 0 Å². The van der Waals surface area contributed by atoms with Crippen LogP contribution < -0.4 is 0 Å². The summed E-state index contributed by atoms with van der Waals surface area (Å²) >= 11 is 0. The molecule has 24 heavy (non-hydrogen) atoms. The smallest absolute Gasteiger partial charge is 0.0635 e. The van der Waals surface area contributed by atoms with Crippen molar-refractivity contribution in [3.63, 3.8) is 0 Å². The van der Waals surface area contributed by atoms with Crippen molar-refractivity contribution in [3.8, 4) is 0 Å². The standard InChI is InChI=1S/C20H39N3O/c1-5-22(6-2)14-9-11-21-17-20(18-23-12-7-8-13-23)10-15-24-19(3,4)16-20/h17H,5-16,18H2,1-4H3/t20-/m1/s1. The third kappa shape index (κ3) is 6.12. The number of hydrogen-bond acceptors (Lipinski definition) is 4. The quantitative estimate of drug-likeness (QED) is 0.476. The van der Waals surface area contributed by atoms with Crippen LogP contribution in [0.3, 0.4) is 0 Å². The summed E-state index contributed by atoms with van der Waals surface area (Å²) in [5, 5.41) is 0. The molecule has 2 saturated heterocycles. The number of nitrogens with zero attached hydrogens (tertiary/aromatic N) is 3. The van der Waals surface area contributed by atoms with Crippen LogP contribution in [0, 0.1) is 5.41 Å². The number of hydrogen-bond donors (Lipinski definition) is 0. The third-order valence-corrected chi connectivity index (χ3v) is 5.63. The van der Waals surface area contributed by atoms with Crippen molar-refractivity contribution in [3.05, 3.63) is 0 Å². The van der Waals surface area contributed by atoms with Crippen molar-refractivity contribution in [2.75, 3.05) is 52.4 Å². The monoisotopic (exact) mass is 337 g/mol. The van der Waals surface area contributed by atoms with E-state index in [1.54, 1.807) is 0 Å². The maximum atomic E-state index is 5.99. The third-order valence-electron chi connectivity index (χ3n) is 5.63. The molecule has 4 nitrogen and oxygen atoms in total. The molecule has 0 aliphatic carbocycles. The van der Waals surface area contributed by atoms with E-state index in [0.29, 0.717) is 0 Å². The molecule has 2 heterocycles. The van der Waals surface area contributed by atoms with Crippen LogP contribution in [0.15, 0.2) is 4.99 Å². The van der Waals surface area contributed by atoms with Crippen molar-refractivity contribution >= 4 is 6.21 Å². The molecule has 2 aliphatic heterocycles. The lowest BCUT2D eigenvalue weighted by Crippen LogP contribution is -2.48. The Hall–Kier alpha value is -0.450. The lowest BCUT2D eigenvalue weighted by molar-refractivity contribution is -0.0897. The fourth-order valence-electron chi connectivity index (χ4n) is 4.37. The molecule has 0 saturated carbocycles. The van der Waals surface area contributed by atoms with Crippen molar-refractivity contribution < 1.29 is 4.74 Å². The second kappa shape index (κ2) is 9.30. The van der Waals surface area contributed by atoms with Gasteiger partial charge in [0.05, 0.1) is 5.60 Å². The predicted molar refractivity (Wildman–Crippen MR) is 103 cm³/mol. The van der Waals surface area contributed by atoms with Gasteiger partial charge in [0.2, 0.25) is 0 Å². The van der Waals surface area contributed by atoms with Crippen LogP contribution in [-0.2, 0) is 4.74 Å². The Morgan fingerprint density at radius 2 is 1.88 bits per heavy atom. The molecule has 0 N–H and O–H groups in total. The lowest BCUT2D eigenvalue weighted by atomic mass is 9.74. The molecule has 2 fully saturated rings. The van der Waals surface area contributed by atoms with E-state index in [4.69, 9.17) is 9.73 Å². The fraction of sp³-hybridized carbons (Fsp3) is 0.950. The van der Waals surface area contributed by atoms with Crippen LogP contribution in [0.4, 0.5) is 0 Å². The van der Waals surface area contributed by atoms with Crippen LogP contribution in [0.25, 0.3) is 0 Å². The Balaban J connectivity index is 1.91. The first kappa shape index (κ1) is 19.9. The molecule has 0 aromatic rings. The summed E-state index contributed by atoms with van der Waals surface area (Å²) in [6.07, 6.45) is 8.41. The van der Waals surface area contributed by atoms with E-state index in [1.165, 1.54) is 32.5 Å². The number of ether oxygens (including phenoxy) is 1. The van der Waals surface area contributed by atoms with Crippen LogP contribution in [-0.4, -0.2) is 74.0 Å². The molecule has 0 aromatic heterocycles. The van der Waals surface area contributed by atoms with Crippen molar-refractivity contribution in [1.82, 2.24) is 9.80 Å². The van der Waals surface area contributed by atoms with Gasteiger partial charge in [-0.1, -0.05) is 13.8 Å². The molecule has 140 valence electrons. The molecule has 2 rings (SSSR count). The van der Waals surface area contributed by atoms with Gasteiger partial charge in [0.1, 0.15) is 0 Å². The van der Waals surface area contributed by atoms with Gasteiger partial charge in [0.25, 0.3) is 0 Å². The van der Waals surface area contributed by atoms with Gasteiger partial charge in [-0.05, 0) is 78.7 Å². The van der Waals surface area contributed by atoms with E-state index in [0.717, 1.165) is 52.0 Å². The zero-order chi connectivity index (χ0) is 17.5. The van der Waals surface area contributed by atoms with E-state index in [9.17, 15) is 0 Å². The topological polar surface area (TPSA) is 28.1 Å². The summed E-state index contributed by atoms with van der Waals surface area (Å²) in [6, 6.07) is 0. The Morgan fingerprint density at radius 3 is 2.50 bits per heavy atom. The van der Waals surface area contributed by atoms with E-state index < -0.39 is 0 Å². The van der Waals surface area contributed by atoms with Gasteiger partial charge in [0, 0.05) is 31.3 Å². The molecule has 0 unspecified atom stereocenters. The SMILES string of the molecule is CCN(CC)CCCN=C[C@@]1(CN2CCCC2)CCOC(C)(C)C1. The van der Waals surface area contributed by atoms with E-state index in [2.05, 4.69) is 43.7 Å². The highest BCUT2D eigenvalue weighted by molar-refractivity contribution is 5.66. The summed E-state index contributed by atoms with van der Waals surface area (Å²) in [5.41, 5.74) is 0.187. The number of rotatable bonds is 9. The molecule has 1 atom stereocenters. The summed E-state index contributed by atoms with van der Waals surface area (Å²) in [4.78, 5) is 10.0. The minimum Gasteiger partial charge on any atom is -0.376 e. The first-order valence-electron chi connectivity index (χ1n) is 10.1. The summed E-state index contributed by atoms with van der Waals surface area (Å²) < 4.78 is 5.99. The molecular weight excluding hydrogens is 298 g/mol. The normalized spacial score (nSPS) is 28.2. The average Bonchev–Trinajstić information content (AvgIpc) is 3.02. The van der Waals surface area contributed by atoms with Gasteiger partial charge in [-0.3, -0.25) is 4.99 Å². The lowest BCUT2D eigenvalue weighted by Gasteiger charge is -2.44. The first-order valence-corrected chi connectivity index (χ1v) is 10.1. The number of likely N-dealkylation sites (tertiary alicyclic amines) is 1. The second-order valence-electron chi connectivity index (χ2n) is 8.30. The Morgan fingerprint density at radius 1 is 1.17 bits per heavy atom. The zero-order valence-electron chi connectivity index (χ0n) is 16.5. The van der Waals surface area contributed by atoms with Crippen molar-refractivity contribution in [2.45, 2.75) is 65.4 Å². The van der Waals surface area contributed by atoms with Gasteiger partial charge in [0.15, 0.2) is 0 Å². The van der Waals surface area contributed by atoms with Gasteiger partial charge in [-0.25, -0.2) is 0 Å². The second-order valence-corrected chi connectivity index (χ2v) is 8.30. The van der Waals surface area contributed by atoms with Crippen LogP contribution in [0.5, 0.6) is 0 Å². The Bertz CT molecular complexity index is 386. The summed E-state index contributed by atoms with van der Waals surface area (Å²) in [5.74, 6) is 0. The zero-order valence-corrected chi connectivity index (χ0v) is 16.5. The largest absolute Gasteiger partial charge is 0.376 e. The van der Waals surface area contributed by atoms with Crippen molar-refractivity contribution in [2.24, 2.45) is 10.4 Å². The number of aliphatic imine (C=N–C) groups is 1. The first-order chi connectivity index (χ1) is 11.5. The van der Waals surface area contributed by atoms with E-state index in [1.807, 2.05) is 0 Å². The highest BCUT2D eigenvalue weighted by Crippen LogP contribution is 2.38. The molecule has 0 bridgehead atoms. The van der Waals surface area contributed by atoms with Gasteiger partial charge < -0.3 is 14.5 Å². The Kier molecular flexibility index (Phi) is 7.70. The maximum absolute atomic E-state index is 5.99. The van der Waals surface area contributed by atoms with E-state index in [-0.39, 0.29) is 11.0 Å². The highest BCUT2D eigenvalue weighted by Gasteiger charge is 2.41. The van der Waals surface area contributed by atoms with Crippen LogP contribution >= 0.6 is 0 Å². The summed E-state index contributed by atoms with van der Waals surface area (Å²) in [7, 11) is 0. The fourth-order valence-corrected chi connectivity index (χ4v) is 4.37. The van der Waals surface area contributed by atoms with Gasteiger partial charge in [-0.2, -0.15) is 0 Å². The predicted octanol–water partition coefficient (Wildman–Crippen LogP) is 3.46. The molecule has 0 spiro atoms.